The molecule has 0 saturated heterocycles. The SMILES string of the molecule is Cc1ccc2c(c1)CC(=O)c1c(O)cc(O)cc1O2. The third-order valence-corrected chi connectivity index (χ3v) is 3.13. The number of aryl methyl sites for hydroxylation is 1. The molecule has 0 aliphatic carbocycles. The molecule has 0 aromatic heterocycles. The van der Waals surface area contributed by atoms with Crippen molar-refractivity contribution in [3.63, 3.8) is 0 Å². The summed E-state index contributed by atoms with van der Waals surface area (Å²) >= 11 is 0. The van der Waals surface area contributed by atoms with Gasteiger partial charge in [0.25, 0.3) is 0 Å². The number of carbonyl (C=O) groups is 1. The number of phenolic OH excluding ortho intramolecular Hbond substituents is 2. The van der Waals surface area contributed by atoms with Crippen LogP contribution in [0.25, 0.3) is 0 Å². The minimum Gasteiger partial charge on any atom is -0.508 e. The Balaban J connectivity index is 2.21. The van der Waals surface area contributed by atoms with E-state index >= 15 is 0 Å². The zero-order valence-corrected chi connectivity index (χ0v) is 10.3. The maximum atomic E-state index is 12.2. The van der Waals surface area contributed by atoms with Gasteiger partial charge in [-0.1, -0.05) is 17.7 Å². The van der Waals surface area contributed by atoms with Crippen LogP contribution in [0, 0.1) is 6.92 Å². The molecule has 4 heteroatoms. The van der Waals surface area contributed by atoms with Crippen molar-refractivity contribution < 1.29 is 19.7 Å². The summed E-state index contributed by atoms with van der Waals surface area (Å²) < 4.78 is 5.65. The first kappa shape index (κ1) is 11.6. The highest BCUT2D eigenvalue weighted by molar-refractivity contribution is 6.03. The van der Waals surface area contributed by atoms with E-state index in [2.05, 4.69) is 0 Å². The second kappa shape index (κ2) is 4.02. The molecule has 1 aliphatic rings. The summed E-state index contributed by atoms with van der Waals surface area (Å²) in [4.78, 5) is 12.2. The predicted octanol–water partition coefficient (Wildman–Crippen LogP) is 2.94. The third-order valence-electron chi connectivity index (χ3n) is 3.13. The van der Waals surface area contributed by atoms with Crippen molar-refractivity contribution in [2.75, 3.05) is 0 Å². The highest BCUT2D eigenvalue weighted by Crippen LogP contribution is 2.40. The van der Waals surface area contributed by atoms with Gasteiger partial charge in [-0.2, -0.15) is 0 Å². The molecule has 2 N–H and O–H groups in total. The van der Waals surface area contributed by atoms with Crippen LogP contribution in [0.15, 0.2) is 30.3 Å². The quantitative estimate of drug-likeness (QED) is 0.760. The van der Waals surface area contributed by atoms with Crippen LogP contribution in [0.5, 0.6) is 23.0 Å². The first-order valence-corrected chi connectivity index (χ1v) is 5.91. The second-order valence-electron chi connectivity index (χ2n) is 4.65. The molecule has 3 rings (SSSR count). The number of fused-ring (bicyclic) bond motifs is 2. The minimum absolute atomic E-state index is 0.117. The number of phenols is 2. The average molecular weight is 256 g/mol. The number of ether oxygens (including phenoxy) is 1. The number of aromatic hydroxyl groups is 2. The number of hydrogen-bond donors (Lipinski definition) is 2. The summed E-state index contributed by atoms with van der Waals surface area (Å²) in [6, 6.07) is 8.03. The molecule has 0 bridgehead atoms. The lowest BCUT2D eigenvalue weighted by Gasteiger charge is -2.09. The van der Waals surface area contributed by atoms with E-state index in [0.717, 1.165) is 17.2 Å². The Hall–Kier alpha value is -2.49. The molecule has 1 aliphatic heterocycles. The zero-order chi connectivity index (χ0) is 13.6. The van der Waals surface area contributed by atoms with Crippen LogP contribution < -0.4 is 4.74 Å². The molecule has 2 aromatic rings. The first-order chi connectivity index (χ1) is 9.04. The maximum Gasteiger partial charge on any atom is 0.174 e. The molecule has 0 fully saturated rings. The lowest BCUT2D eigenvalue weighted by atomic mass is 10.0. The van der Waals surface area contributed by atoms with Gasteiger partial charge in [0.15, 0.2) is 5.78 Å². The summed E-state index contributed by atoms with van der Waals surface area (Å²) in [6.45, 7) is 1.94. The molecular formula is C15H12O4. The Kier molecular flexibility index (Phi) is 2.45. The Morgan fingerprint density at radius 1 is 1.11 bits per heavy atom. The van der Waals surface area contributed by atoms with Crippen molar-refractivity contribution in [2.45, 2.75) is 13.3 Å². The van der Waals surface area contributed by atoms with Crippen molar-refractivity contribution in [3.8, 4) is 23.0 Å². The average Bonchev–Trinajstić information content (AvgIpc) is 2.44. The highest BCUT2D eigenvalue weighted by atomic mass is 16.5. The summed E-state index contributed by atoms with van der Waals surface area (Å²) in [6.07, 6.45) is 0.169. The Morgan fingerprint density at radius 2 is 1.89 bits per heavy atom. The molecule has 19 heavy (non-hydrogen) atoms. The van der Waals surface area contributed by atoms with Crippen LogP contribution >= 0.6 is 0 Å². The van der Waals surface area contributed by atoms with E-state index in [1.165, 1.54) is 6.07 Å². The minimum atomic E-state index is -0.260. The van der Waals surface area contributed by atoms with Crippen molar-refractivity contribution in [1.82, 2.24) is 0 Å². The van der Waals surface area contributed by atoms with Crippen LogP contribution in [0.3, 0.4) is 0 Å². The van der Waals surface area contributed by atoms with E-state index in [0.29, 0.717) is 5.75 Å². The molecule has 2 aromatic carbocycles. The molecule has 0 amide bonds. The van der Waals surface area contributed by atoms with Gasteiger partial charge in [-0.3, -0.25) is 4.79 Å². The zero-order valence-electron chi connectivity index (χ0n) is 10.3. The molecule has 0 unspecified atom stereocenters. The van der Waals surface area contributed by atoms with E-state index in [9.17, 15) is 15.0 Å². The summed E-state index contributed by atoms with van der Waals surface area (Å²) in [7, 11) is 0. The fourth-order valence-corrected chi connectivity index (χ4v) is 2.27. The molecule has 4 nitrogen and oxygen atoms in total. The van der Waals surface area contributed by atoms with Gasteiger partial charge in [0.2, 0.25) is 0 Å². The predicted molar refractivity (Wildman–Crippen MR) is 69.1 cm³/mol. The van der Waals surface area contributed by atoms with E-state index in [1.54, 1.807) is 6.07 Å². The Labute approximate surface area is 109 Å². The molecule has 0 saturated carbocycles. The monoisotopic (exact) mass is 256 g/mol. The van der Waals surface area contributed by atoms with Crippen LogP contribution in [0.2, 0.25) is 0 Å². The molecular weight excluding hydrogens is 244 g/mol. The van der Waals surface area contributed by atoms with Crippen LogP contribution in [-0.2, 0) is 6.42 Å². The van der Waals surface area contributed by atoms with Crippen molar-refractivity contribution in [2.24, 2.45) is 0 Å². The standard InChI is InChI=1S/C15H12O4/c1-8-2-3-13-9(4-8)5-11(17)15-12(18)6-10(16)7-14(15)19-13/h2-4,6-7,16,18H,5H2,1H3. The molecule has 0 spiro atoms. The van der Waals surface area contributed by atoms with Gasteiger partial charge >= 0.3 is 0 Å². The number of Topliss-reactive ketones (excluding diaryl/α,β-unsaturated/α-hetero) is 1. The fourth-order valence-electron chi connectivity index (χ4n) is 2.27. The lowest BCUT2D eigenvalue weighted by molar-refractivity contribution is 0.0991. The maximum absolute atomic E-state index is 12.2. The van der Waals surface area contributed by atoms with Crippen molar-refractivity contribution >= 4 is 5.78 Å². The number of hydrogen-bond acceptors (Lipinski definition) is 4. The Morgan fingerprint density at radius 3 is 2.68 bits per heavy atom. The van der Waals surface area contributed by atoms with Crippen LogP contribution in [-0.4, -0.2) is 16.0 Å². The highest BCUT2D eigenvalue weighted by Gasteiger charge is 2.25. The Bertz CT molecular complexity index is 689. The normalized spacial score (nSPS) is 13.2. The van der Waals surface area contributed by atoms with Gasteiger partial charge in [-0.15, -0.1) is 0 Å². The lowest BCUT2D eigenvalue weighted by Crippen LogP contribution is -2.02. The first-order valence-electron chi connectivity index (χ1n) is 5.91. The van der Waals surface area contributed by atoms with Gasteiger partial charge in [0, 0.05) is 24.1 Å². The van der Waals surface area contributed by atoms with E-state index < -0.39 is 0 Å². The number of benzene rings is 2. The van der Waals surface area contributed by atoms with Gasteiger partial charge in [0.05, 0.1) is 0 Å². The van der Waals surface area contributed by atoms with Gasteiger partial charge in [-0.05, 0) is 13.0 Å². The van der Waals surface area contributed by atoms with Crippen molar-refractivity contribution in [1.29, 1.82) is 0 Å². The van der Waals surface area contributed by atoms with E-state index in [-0.39, 0.29) is 35.0 Å². The summed E-state index contributed by atoms with van der Waals surface area (Å²) in [5.74, 6) is 0.133. The van der Waals surface area contributed by atoms with Gasteiger partial charge in [0.1, 0.15) is 28.6 Å². The summed E-state index contributed by atoms with van der Waals surface area (Å²) in [5, 5.41) is 19.3. The van der Waals surface area contributed by atoms with Crippen LogP contribution in [0.1, 0.15) is 21.5 Å². The van der Waals surface area contributed by atoms with Gasteiger partial charge in [-0.25, -0.2) is 0 Å². The molecule has 1 heterocycles. The fraction of sp³-hybridized carbons (Fsp3) is 0.133. The van der Waals surface area contributed by atoms with E-state index in [4.69, 9.17) is 4.74 Å². The number of ketones is 1. The molecule has 0 radical (unpaired) electrons. The van der Waals surface area contributed by atoms with E-state index in [1.807, 2.05) is 19.1 Å². The smallest absolute Gasteiger partial charge is 0.174 e. The van der Waals surface area contributed by atoms with Crippen molar-refractivity contribution in [3.05, 3.63) is 47.0 Å². The number of rotatable bonds is 0. The molecule has 0 atom stereocenters. The topological polar surface area (TPSA) is 66.8 Å². The summed E-state index contributed by atoms with van der Waals surface area (Å²) in [5.41, 5.74) is 1.93. The largest absolute Gasteiger partial charge is 0.508 e. The second-order valence-corrected chi connectivity index (χ2v) is 4.65. The number of carbonyl (C=O) groups excluding carboxylic acids is 1. The molecule has 96 valence electrons. The third kappa shape index (κ3) is 1.91. The van der Waals surface area contributed by atoms with Crippen LogP contribution in [0.4, 0.5) is 0 Å². The van der Waals surface area contributed by atoms with Gasteiger partial charge < -0.3 is 14.9 Å².